The molecule has 0 aromatic heterocycles. The van der Waals surface area contributed by atoms with Crippen LogP contribution in [0.3, 0.4) is 0 Å². The fraction of sp³-hybridized carbons (Fsp3) is 0.625. The molecular formula is C8H11NO2. The predicted octanol–water partition coefficient (Wildman–Crippen LogP) is 2.03. The fourth-order valence-corrected chi connectivity index (χ4v) is 1.26. The van der Waals surface area contributed by atoms with E-state index in [9.17, 15) is 9.70 Å². The van der Waals surface area contributed by atoms with Gasteiger partial charge in [0.1, 0.15) is 0 Å². The van der Waals surface area contributed by atoms with Crippen molar-refractivity contribution in [1.29, 1.82) is 0 Å². The average Bonchev–Trinajstić information content (AvgIpc) is 2.05. The number of rotatable bonds is 1. The molecule has 0 N–H and O–H groups in total. The summed E-state index contributed by atoms with van der Waals surface area (Å²) in [6, 6.07) is 0. The highest BCUT2D eigenvalue weighted by Crippen LogP contribution is 2.23. The summed E-state index contributed by atoms with van der Waals surface area (Å²) in [6.07, 6.45) is 4.41. The number of nitroso groups, excluding NO2 is 1. The maximum absolute atomic E-state index is 10.8. The number of hydrogen-bond acceptors (Lipinski definition) is 2. The molecule has 0 heterocycles. The Labute approximate surface area is 65.5 Å². The molecule has 1 amide bonds. The lowest BCUT2D eigenvalue weighted by atomic mass is 9.90. The number of carbonyl (C=O) groups excluding carboxylic acids is 1. The third kappa shape index (κ3) is 1.97. The van der Waals surface area contributed by atoms with Gasteiger partial charge in [-0.2, -0.15) is 0 Å². The van der Waals surface area contributed by atoms with Crippen LogP contribution in [0.2, 0.25) is 0 Å². The topological polar surface area (TPSA) is 46.5 Å². The second kappa shape index (κ2) is 3.42. The van der Waals surface area contributed by atoms with Crippen molar-refractivity contribution >= 4 is 5.91 Å². The Kier molecular flexibility index (Phi) is 2.52. The quantitative estimate of drug-likeness (QED) is 0.427. The van der Waals surface area contributed by atoms with Crippen LogP contribution >= 0.6 is 0 Å². The molecule has 0 fully saturated rings. The largest absolute Gasteiger partial charge is 0.289 e. The van der Waals surface area contributed by atoms with Crippen LogP contribution in [0.5, 0.6) is 0 Å². The zero-order valence-corrected chi connectivity index (χ0v) is 6.54. The second-order valence-electron chi connectivity index (χ2n) is 2.95. The lowest BCUT2D eigenvalue weighted by Crippen LogP contribution is -2.13. The highest BCUT2D eigenvalue weighted by atomic mass is 16.3. The predicted molar refractivity (Wildman–Crippen MR) is 41.9 cm³/mol. The summed E-state index contributed by atoms with van der Waals surface area (Å²) in [5, 5.41) is 2.42. The Balaban J connectivity index is 2.53. The standard InChI is InChI=1S/C8H11NO2/c1-6-2-4-7(5-3-6)8(10)9-11/h2,7H,3-5H2,1H3/t7-/m1/s1. The normalized spacial score (nSPS) is 24.1. The lowest BCUT2D eigenvalue weighted by Gasteiger charge is -2.15. The Hall–Kier alpha value is -0.990. The van der Waals surface area contributed by atoms with E-state index in [0.717, 1.165) is 12.8 Å². The molecule has 0 saturated carbocycles. The molecule has 0 radical (unpaired) electrons. The van der Waals surface area contributed by atoms with E-state index in [1.165, 1.54) is 5.57 Å². The van der Waals surface area contributed by atoms with Crippen molar-refractivity contribution in [3.63, 3.8) is 0 Å². The number of amides is 1. The molecule has 0 saturated heterocycles. The van der Waals surface area contributed by atoms with E-state index >= 15 is 0 Å². The van der Waals surface area contributed by atoms with Gasteiger partial charge in [0.2, 0.25) is 0 Å². The molecule has 3 heteroatoms. The average molecular weight is 153 g/mol. The molecular weight excluding hydrogens is 142 g/mol. The monoisotopic (exact) mass is 153 g/mol. The second-order valence-corrected chi connectivity index (χ2v) is 2.95. The van der Waals surface area contributed by atoms with Gasteiger partial charge in [-0.1, -0.05) is 11.6 Å². The number of carbonyl (C=O) groups is 1. The van der Waals surface area contributed by atoms with Gasteiger partial charge in [0.05, 0.1) is 0 Å². The minimum Gasteiger partial charge on any atom is -0.269 e. The third-order valence-electron chi connectivity index (χ3n) is 2.08. The molecule has 0 aliphatic heterocycles. The molecule has 1 aliphatic carbocycles. The molecule has 60 valence electrons. The summed E-state index contributed by atoms with van der Waals surface area (Å²) in [5.74, 6) is -0.634. The minimum atomic E-state index is -0.492. The van der Waals surface area contributed by atoms with Gasteiger partial charge in [-0.05, 0) is 26.2 Å². The molecule has 0 spiro atoms. The van der Waals surface area contributed by atoms with E-state index in [4.69, 9.17) is 0 Å². The molecule has 11 heavy (non-hydrogen) atoms. The number of allylic oxidation sites excluding steroid dienone is 2. The Morgan fingerprint density at radius 2 is 2.45 bits per heavy atom. The van der Waals surface area contributed by atoms with Gasteiger partial charge < -0.3 is 0 Å². The fourth-order valence-electron chi connectivity index (χ4n) is 1.26. The van der Waals surface area contributed by atoms with Crippen molar-refractivity contribution in [2.24, 2.45) is 11.1 Å². The first-order valence-corrected chi connectivity index (χ1v) is 3.77. The molecule has 0 aromatic rings. The van der Waals surface area contributed by atoms with Crippen LogP contribution < -0.4 is 0 Å². The highest BCUT2D eigenvalue weighted by molar-refractivity contribution is 5.79. The maximum atomic E-state index is 10.8. The van der Waals surface area contributed by atoms with Crippen molar-refractivity contribution in [2.75, 3.05) is 0 Å². The van der Waals surface area contributed by atoms with Crippen LogP contribution in [-0.2, 0) is 4.79 Å². The van der Waals surface area contributed by atoms with E-state index in [1.807, 2.05) is 13.0 Å². The molecule has 3 nitrogen and oxygen atoms in total. The summed E-state index contributed by atoms with van der Waals surface area (Å²) in [4.78, 5) is 20.6. The Morgan fingerprint density at radius 3 is 2.91 bits per heavy atom. The SMILES string of the molecule is CC1=CC[C@@H](C(=O)N=O)CC1. The summed E-state index contributed by atoms with van der Waals surface area (Å²) >= 11 is 0. The zero-order chi connectivity index (χ0) is 8.27. The van der Waals surface area contributed by atoms with E-state index in [-0.39, 0.29) is 5.92 Å². The van der Waals surface area contributed by atoms with Gasteiger partial charge in [0.25, 0.3) is 5.91 Å². The zero-order valence-electron chi connectivity index (χ0n) is 6.54. The summed E-state index contributed by atoms with van der Waals surface area (Å²) in [5.41, 5.74) is 1.31. The van der Waals surface area contributed by atoms with E-state index in [2.05, 4.69) is 5.18 Å². The van der Waals surface area contributed by atoms with E-state index in [0.29, 0.717) is 6.42 Å². The first-order valence-electron chi connectivity index (χ1n) is 3.77. The van der Waals surface area contributed by atoms with Gasteiger partial charge in [-0.25, -0.2) is 0 Å². The van der Waals surface area contributed by atoms with E-state index < -0.39 is 5.91 Å². The molecule has 0 unspecified atom stereocenters. The molecule has 1 rings (SSSR count). The van der Waals surface area contributed by atoms with Crippen molar-refractivity contribution in [3.8, 4) is 0 Å². The van der Waals surface area contributed by atoms with Gasteiger partial charge in [-0.15, -0.1) is 4.91 Å². The van der Waals surface area contributed by atoms with Crippen LogP contribution in [0.4, 0.5) is 0 Å². The van der Waals surface area contributed by atoms with Gasteiger partial charge in [0, 0.05) is 11.1 Å². The third-order valence-corrected chi connectivity index (χ3v) is 2.08. The van der Waals surface area contributed by atoms with Gasteiger partial charge in [0.15, 0.2) is 0 Å². The van der Waals surface area contributed by atoms with Gasteiger partial charge in [-0.3, -0.25) is 4.79 Å². The molecule has 1 atom stereocenters. The summed E-state index contributed by atoms with van der Waals surface area (Å²) in [6.45, 7) is 2.04. The maximum Gasteiger partial charge on any atom is 0.289 e. The lowest BCUT2D eigenvalue weighted by molar-refractivity contribution is -0.121. The van der Waals surface area contributed by atoms with Crippen molar-refractivity contribution in [1.82, 2.24) is 0 Å². The summed E-state index contributed by atoms with van der Waals surface area (Å²) in [7, 11) is 0. The Morgan fingerprint density at radius 1 is 1.73 bits per heavy atom. The molecule has 0 aromatic carbocycles. The van der Waals surface area contributed by atoms with Crippen LogP contribution in [0.25, 0.3) is 0 Å². The van der Waals surface area contributed by atoms with E-state index in [1.54, 1.807) is 0 Å². The first kappa shape index (κ1) is 8.11. The van der Waals surface area contributed by atoms with Crippen LogP contribution in [0.1, 0.15) is 26.2 Å². The van der Waals surface area contributed by atoms with Crippen LogP contribution in [0.15, 0.2) is 16.8 Å². The molecule has 1 aliphatic rings. The van der Waals surface area contributed by atoms with Crippen LogP contribution in [0, 0.1) is 10.8 Å². The number of nitrogens with zero attached hydrogens (tertiary/aromatic N) is 1. The van der Waals surface area contributed by atoms with Crippen molar-refractivity contribution < 1.29 is 4.79 Å². The first-order chi connectivity index (χ1) is 5.24. The number of hydrogen-bond donors (Lipinski definition) is 0. The minimum absolute atomic E-state index is 0.142. The smallest absolute Gasteiger partial charge is 0.269 e. The Bertz CT molecular complexity index is 208. The highest BCUT2D eigenvalue weighted by Gasteiger charge is 2.20. The molecule has 0 bridgehead atoms. The van der Waals surface area contributed by atoms with Crippen molar-refractivity contribution in [2.45, 2.75) is 26.2 Å². The van der Waals surface area contributed by atoms with Crippen molar-refractivity contribution in [3.05, 3.63) is 16.6 Å². The van der Waals surface area contributed by atoms with Crippen LogP contribution in [-0.4, -0.2) is 5.91 Å². The summed E-state index contributed by atoms with van der Waals surface area (Å²) < 4.78 is 0. The van der Waals surface area contributed by atoms with Gasteiger partial charge >= 0.3 is 0 Å².